The van der Waals surface area contributed by atoms with Crippen molar-refractivity contribution in [3.63, 3.8) is 0 Å². The van der Waals surface area contributed by atoms with E-state index in [4.69, 9.17) is 0 Å². The Kier molecular flexibility index (Phi) is 3.33. The Bertz CT molecular complexity index is 77.8. The second kappa shape index (κ2) is 3.23. The van der Waals surface area contributed by atoms with E-state index in [9.17, 15) is 0 Å². The van der Waals surface area contributed by atoms with Crippen LogP contribution in [-0.4, -0.2) is 23.0 Å². The number of nitrogens with zero attached hydrogens (tertiary/aromatic N) is 2. The van der Waals surface area contributed by atoms with Crippen molar-refractivity contribution in [3.05, 3.63) is 0 Å². The Balaban J connectivity index is 3.56. The zero-order valence-electron chi connectivity index (χ0n) is 4.77. The fourth-order valence-electron chi connectivity index (χ4n) is 0.138. The van der Waals surface area contributed by atoms with Crippen LogP contribution in [0.3, 0.4) is 0 Å². The summed E-state index contributed by atoms with van der Waals surface area (Å²) in [5, 5.41) is 0. The van der Waals surface area contributed by atoms with Crippen LogP contribution >= 0.6 is 22.9 Å². The van der Waals surface area contributed by atoms with Crippen molar-refractivity contribution < 1.29 is 0 Å². The van der Waals surface area contributed by atoms with E-state index in [-0.39, 0.29) is 0 Å². The highest BCUT2D eigenvalue weighted by Crippen LogP contribution is 1.92. The van der Waals surface area contributed by atoms with Gasteiger partial charge in [0.15, 0.2) is 0 Å². The number of amidine groups is 1. The minimum Gasteiger partial charge on any atom is -0.306 e. The molecule has 0 bridgehead atoms. The van der Waals surface area contributed by atoms with Crippen molar-refractivity contribution in [2.75, 3.05) is 14.1 Å². The molecule has 0 aromatic rings. The van der Waals surface area contributed by atoms with E-state index < -0.39 is 0 Å². The highest BCUT2D eigenvalue weighted by atomic mass is 127. The Labute approximate surface area is 58.1 Å². The predicted octanol–water partition coefficient (Wildman–Crippen LogP) is 1.32. The van der Waals surface area contributed by atoms with Crippen molar-refractivity contribution in [2.45, 2.75) is 6.92 Å². The molecule has 0 unspecified atom stereocenters. The Hall–Kier alpha value is 0.200. The minimum atomic E-state index is 1.04. The number of hydrogen-bond donors (Lipinski definition) is 0. The Morgan fingerprint density at radius 1 is 1.71 bits per heavy atom. The molecule has 3 heteroatoms. The summed E-state index contributed by atoms with van der Waals surface area (Å²) in [6.07, 6.45) is 0. The predicted molar refractivity (Wildman–Crippen MR) is 40.8 cm³/mol. The molecule has 0 aliphatic carbocycles. The zero-order chi connectivity index (χ0) is 5.86. The molecule has 0 rings (SSSR count). The summed E-state index contributed by atoms with van der Waals surface area (Å²) < 4.78 is 1.94. The Morgan fingerprint density at radius 3 is 2.14 bits per heavy atom. The first-order chi connectivity index (χ1) is 3.18. The monoisotopic (exact) mass is 212 g/mol. The average molecular weight is 212 g/mol. The number of aliphatic imine (C=N–C) groups is 1. The summed E-state index contributed by atoms with van der Waals surface area (Å²) in [6.45, 7) is 1.96. The molecular formula is C4H9IN2. The van der Waals surface area contributed by atoms with Crippen LogP contribution in [0.5, 0.6) is 0 Å². The highest BCUT2D eigenvalue weighted by Gasteiger charge is 1.87. The summed E-state index contributed by atoms with van der Waals surface area (Å²) in [5.41, 5.74) is 0. The van der Waals surface area contributed by atoms with Gasteiger partial charge in [-0.05, 0) is 6.92 Å². The van der Waals surface area contributed by atoms with Gasteiger partial charge in [-0.25, -0.2) is 0 Å². The standard InChI is InChI=1S/C4H9IN2/c1-4(6-2)7(3)5/h1-3H3/b6-4-. The van der Waals surface area contributed by atoms with Crippen molar-refractivity contribution in [2.24, 2.45) is 4.99 Å². The maximum absolute atomic E-state index is 3.92. The van der Waals surface area contributed by atoms with Gasteiger partial charge in [-0.3, -0.25) is 4.99 Å². The summed E-state index contributed by atoms with van der Waals surface area (Å²) in [7, 11) is 3.74. The molecule has 0 aliphatic heterocycles. The third-order valence-electron chi connectivity index (χ3n) is 0.770. The van der Waals surface area contributed by atoms with E-state index in [1.165, 1.54) is 0 Å². The van der Waals surface area contributed by atoms with Crippen LogP contribution in [0.1, 0.15) is 6.92 Å². The summed E-state index contributed by atoms with van der Waals surface area (Å²) in [4.78, 5) is 3.92. The fourth-order valence-corrected chi connectivity index (χ4v) is 0.354. The Morgan fingerprint density at radius 2 is 2.14 bits per heavy atom. The molecule has 42 valence electrons. The van der Waals surface area contributed by atoms with Crippen LogP contribution in [0.25, 0.3) is 0 Å². The van der Waals surface area contributed by atoms with Crippen LogP contribution in [0.2, 0.25) is 0 Å². The van der Waals surface area contributed by atoms with Gasteiger partial charge in [-0.15, -0.1) is 0 Å². The molecule has 0 radical (unpaired) electrons. The molecule has 0 saturated heterocycles. The van der Waals surface area contributed by atoms with Gasteiger partial charge in [-0.1, -0.05) is 0 Å². The highest BCUT2D eigenvalue weighted by molar-refractivity contribution is 14.1. The van der Waals surface area contributed by atoms with Crippen LogP contribution in [-0.2, 0) is 0 Å². The smallest absolute Gasteiger partial charge is 0.104 e. The van der Waals surface area contributed by atoms with E-state index in [1.54, 1.807) is 7.05 Å². The lowest BCUT2D eigenvalue weighted by atomic mass is 10.7. The van der Waals surface area contributed by atoms with E-state index in [2.05, 4.69) is 27.9 Å². The van der Waals surface area contributed by atoms with Gasteiger partial charge in [0.25, 0.3) is 0 Å². The van der Waals surface area contributed by atoms with Crippen molar-refractivity contribution >= 4 is 28.7 Å². The molecule has 0 N–H and O–H groups in total. The fraction of sp³-hybridized carbons (Fsp3) is 0.750. The van der Waals surface area contributed by atoms with E-state index in [0.717, 1.165) is 5.84 Å². The molecule has 0 heterocycles. The SMILES string of the molecule is C/N=C(/C)N(C)I. The molecule has 0 saturated carbocycles. The summed E-state index contributed by atoms with van der Waals surface area (Å²) >= 11 is 2.17. The number of hydrogen-bond acceptors (Lipinski definition) is 1. The number of halogens is 1. The lowest BCUT2D eigenvalue weighted by molar-refractivity contribution is 0.892. The summed E-state index contributed by atoms with van der Waals surface area (Å²) in [6, 6.07) is 0. The lowest BCUT2D eigenvalue weighted by Gasteiger charge is -2.05. The van der Waals surface area contributed by atoms with E-state index in [0.29, 0.717) is 0 Å². The molecule has 0 spiro atoms. The molecular weight excluding hydrogens is 203 g/mol. The number of rotatable bonds is 0. The van der Waals surface area contributed by atoms with Gasteiger partial charge < -0.3 is 3.11 Å². The molecule has 0 aliphatic rings. The van der Waals surface area contributed by atoms with Gasteiger partial charge in [0.1, 0.15) is 5.84 Å². The topological polar surface area (TPSA) is 15.6 Å². The van der Waals surface area contributed by atoms with Gasteiger partial charge in [0, 0.05) is 14.1 Å². The van der Waals surface area contributed by atoms with E-state index >= 15 is 0 Å². The van der Waals surface area contributed by atoms with Gasteiger partial charge in [-0.2, -0.15) is 0 Å². The van der Waals surface area contributed by atoms with Crippen LogP contribution < -0.4 is 0 Å². The van der Waals surface area contributed by atoms with Gasteiger partial charge in [0.2, 0.25) is 0 Å². The maximum Gasteiger partial charge on any atom is 0.104 e. The second-order valence-electron chi connectivity index (χ2n) is 1.25. The normalized spacial score (nSPS) is 11.7. The van der Waals surface area contributed by atoms with Crippen molar-refractivity contribution in [3.8, 4) is 0 Å². The van der Waals surface area contributed by atoms with Gasteiger partial charge >= 0.3 is 0 Å². The van der Waals surface area contributed by atoms with E-state index in [1.807, 2.05) is 17.1 Å². The molecule has 0 aromatic heterocycles. The maximum atomic E-state index is 3.92. The third kappa shape index (κ3) is 2.85. The van der Waals surface area contributed by atoms with Crippen molar-refractivity contribution in [1.29, 1.82) is 0 Å². The molecule has 0 aromatic carbocycles. The average Bonchev–Trinajstić information content (AvgIpc) is 1.65. The van der Waals surface area contributed by atoms with Gasteiger partial charge in [0.05, 0.1) is 22.9 Å². The van der Waals surface area contributed by atoms with Crippen LogP contribution in [0, 0.1) is 0 Å². The molecule has 0 atom stereocenters. The van der Waals surface area contributed by atoms with Crippen LogP contribution in [0.4, 0.5) is 0 Å². The molecule has 0 fully saturated rings. The second-order valence-corrected chi connectivity index (χ2v) is 2.70. The minimum absolute atomic E-state index is 1.04. The molecule has 2 nitrogen and oxygen atoms in total. The third-order valence-corrected chi connectivity index (χ3v) is 1.47. The molecule has 7 heavy (non-hydrogen) atoms. The molecule has 0 amide bonds. The first-order valence-electron chi connectivity index (χ1n) is 2.01. The lowest BCUT2D eigenvalue weighted by Crippen LogP contribution is -2.10. The largest absolute Gasteiger partial charge is 0.306 e. The quantitative estimate of drug-likeness (QED) is 0.256. The zero-order valence-corrected chi connectivity index (χ0v) is 6.93. The van der Waals surface area contributed by atoms with Crippen LogP contribution in [0.15, 0.2) is 4.99 Å². The summed E-state index contributed by atoms with van der Waals surface area (Å²) in [5.74, 6) is 1.04. The first kappa shape index (κ1) is 7.20. The first-order valence-corrected chi connectivity index (χ1v) is 2.98. The van der Waals surface area contributed by atoms with Crippen molar-refractivity contribution in [1.82, 2.24) is 3.11 Å².